The highest BCUT2D eigenvalue weighted by atomic mass is 32.2. The van der Waals surface area contributed by atoms with Crippen molar-refractivity contribution in [2.24, 2.45) is 0 Å². The molecule has 1 amide bonds. The normalized spacial score (nSPS) is 29.1. The first-order valence-corrected chi connectivity index (χ1v) is 11.4. The second-order valence-corrected chi connectivity index (χ2v) is 12.6. The molecule has 2 N–H and O–H groups in total. The first-order valence-electron chi connectivity index (χ1n) is 9.95. The van der Waals surface area contributed by atoms with Gasteiger partial charge < -0.3 is 24.2 Å². The van der Waals surface area contributed by atoms with E-state index >= 15 is 0 Å². The van der Waals surface area contributed by atoms with Gasteiger partial charge >= 0.3 is 6.09 Å². The number of nitrogens with one attached hydrogen (secondary N) is 1. The molecular weight excluding hydrogens is 400 g/mol. The Labute approximate surface area is 174 Å². The fraction of sp³-hybridized carbons (Fsp3) is 0.947. The van der Waals surface area contributed by atoms with Gasteiger partial charge in [0.25, 0.3) is 0 Å². The van der Waals surface area contributed by atoms with E-state index in [9.17, 15) is 18.3 Å². The number of hydrogen-bond donors (Lipinski definition) is 2. The molecule has 0 spiro atoms. The second-order valence-electron chi connectivity index (χ2n) is 10.1. The molecular formula is C19H36N2O7S. The van der Waals surface area contributed by atoms with Crippen LogP contribution >= 0.6 is 0 Å². The first kappa shape index (κ1) is 24.3. The fourth-order valence-electron chi connectivity index (χ4n) is 3.38. The minimum atomic E-state index is -3.79. The summed E-state index contributed by atoms with van der Waals surface area (Å²) in [4.78, 5) is 14.2. The lowest BCUT2D eigenvalue weighted by molar-refractivity contribution is -0.144. The van der Waals surface area contributed by atoms with Crippen LogP contribution in [-0.2, 0) is 24.2 Å². The van der Waals surface area contributed by atoms with Crippen LogP contribution in [-0.4, -0.2) is 78.1 Å². The number of amides is 1. The summed E-state index contributed by atoms with van der Waals surface area (Å²) in [5.74, 6) is -0.892. The Morgan fingerprint density at radius 2 is 1.83 bits per heavy atom. The lowest BCUT2D eigenvalue weighted by Gasteiger charge is -2.38. The zero-order valence-electron chi connectivity index (χ0n) is 18.7. The van der Waals surface area contributed by atoms with Crippen LogP contribution in [0.4, 0.5) is 4.79 Å². The van der Waals surface area contributed by atoms with Crippen molar-refractivity contribution in [1.82, 2.24) is 9.62 Å². The molecule has 10 heteroatoms. The molecule has 2 aliphatic rings. The van der Waals surface area contributed by atoms with E-state index < -0.39 is 56.5 Å². The predicted molar refractivity (Wildman–Crippen MR) is 108 cm³/mol. The first-order chi connectivity index (χ1) is 12.9. The van der Waals surface area contributed by atoms with E-state index in [1.54, 1.807) is 55.4 Å². The van der Waals surface area contributed by atoms with Gasteiger partial charge in [0.1, 0.15) is 11.7 Å². The molecule has 0 aromatic rings. The molecule has 0 radical (unpaired) electrons. The summed E-state index contributed by atoms with van der Waals surface area (Å²) in [6.07, 6.45) is -1.89. The topological polar surface area (TPSA) is 114 Å². The number of aliphatic hydroxyl groups is 1. The molecule has 0 aromatic carbocycles. The minimum Gasteiger partial charge on any atom is -0.444 e. The largest absolute Gasteiger partial charge is 0.444 e. The van der Waals surface area contributed by atoms with Crippen molar-refractivity contribution < 1.29 is 32.5 Å². The van der Waals surface area contributed by atoms with Gasteiger partial charge in [0.2, 0.25) is 10.0 Å². The third-order valence-corrected chi connectivity index (χ3v) is 7.14. The van der Waals surface area contributed by atoms with E-state index in [0.29, 0.717) is 6.42 Å². The summed E-state index contributed by atoms with van der Waals surface area (Å²) < 4.78 is 44.5. The molecule has 2 saturated heterocycles. The van der Waals surface area contributed by atoms with Crippen molar-refractivity contribution in [3.63, 3.8) is 0 Å². The summed E-state index contributed by atoms with van der Waals surface area (Å²) in [7, 11) is -3.79. The Hall–Kier alpha value is -0.940. The maximum Gasteiger partial charge on any atom is 0.410 e. The maximum atomic E-state index is 12.9. The van der Waals surface area contributed by atoms with Crippen molar-refractivity contribution in [3.8, 4) is 0 Å². The highest BCUT2D eigenvalue weighted by molar-refractivity contribution is 7.90. The lowest BCUT2D eigenvalue weighted by Crippen LogP contribution is -2.62. The smallest absolute Gasteiger partial charge is 0.410 e. The van der Waals surface area contributed by atoms with E-state index in [0.717, 1.165) is 0 Å². The molecule has 0 saturated carbocycles. The molecule has 2 heterocycles. The Kier molecular flexibility index (Phi) is 6.68. The molecule has 0 aliphatic carbocycles. The van der Waals surface area contributed by atoms with Crippen molar-refractivity contribution in [1.29, 1.82) is 0 Å². The highest BCUT2D eigenvalue weighted by Gasteiger charge is 2.51. The number of rotatable bonds is 4. The zero-order valence-corrected chi connectivity index (χ0v) is 19.5. The Balaban J connectivity index is 2.39. The molecule has 2 rings (SSSR count). The van der Waals surface area contributed by atoms with Crippen LogP contribution in [0.15, 0.2) is 0 Å². The molecule has 0 bridgehead atoms. The van der Waals surface area contributed by atoms with E-state index in [1.807, 2.05) is 0 Å². The van der Waals surface area contributed by atoms with Gasteiger partial charge in [-0.15, -0.1) is 0 Å². The number of carbonyl (C=O) groups is 1. The van der Waals surface area contributed by atoms with Crippen LogP contribution in [0.5, 0.6) is 0 Å². The van der Waals surface area contributed by atoms with Crippen LogP contribution in [0, 0.1) is 0 Å². The van der Waals surface area contributed by atoms with Gasteiger partial charge in [0.15, 0.2) is 5.79 Å². The van der Waals surface area contributed by atoms with E-state index in [2.05, 4.69) is 4.72 Å². The molecule has 9 nitrogen and oxygen atoms in total. The van der Waals surface area contributed by atoms with E-state index in [1.165, 1.54) is 4.90 Å². The van der Waals surface area contributed by atoms with Crippen molar-refractivity contribution >= 4 is 16.1 Å². The quantitative estimate of drug-likeness (QED) is 0.688. The second kappa shape index (κ2) is 7.96. The van der Waals surface area contributed by atoms with Crippen molar-refractivity contribution in [2.75, 3.05) is 13.2 Å². The van der Waals surface area contributed by atoms with E-state index in [-0.39, 0.29) is 13.2 Å². The Bertz CT molecular complexity index is 709. The standard InChI is InChI=1S/C19H36N2O7S/c1-17(2,3)28-16(23)21-10-9-12(22)15(21)14(13-11-26-19(7,8)27-13)20-29(24,25)18(4,5)6/h12-15,20,22H,9-11H2,1-8H3/t12-,13+,14+,15-/m1/s1. The fourth-order valence-corrected chi connectivity index (χ4v) is 4.38. The molecule has 0 unspecified atom stereocenters. The number of carbonyl (C=O) groups excluding carboxylic acids is 1. The van der Waals surface area contributed by atoms with Gasteiger partial charge in [-0.25, -0.2) is 17.9 Å². The zero-order chi connectivity index (χ0) is 22.4. The van der Waals surface area contributed by atoms with Crippen LogP contribution in [0.25, 0.3) is 0 Å². The third-order valence-electron chi connectivity index (χ3n) is 4.94. The molecule has 2 fully saturated rings. The number of aliphatic hydroxyl groups excluding tert-OH is 1. The Morgan fingerprint density at radius 1 is 1.24 bits per heavy atom. The third kappa shape index (κ3) is 5.81. The average molecular weight is 437 g/mol. The number of hydrogen-bond acceptors (Lipinski definition) is 7. The average Bonchev–Trinajstić information content (AvgIpc) is 3.04. The monoisotopic (exact) mass is 436 g/mol. The molecule has 29 heavy (non-hydrogen) atoms. The summed E-state index contributed by atoms with van der Waals surface area (Å²) in [5.41, 5.74) is -0.718. The van der Waals surface area contributed by atoms with Crippen molar-refractivity contribution in [3.05, 3.63) is 0 Å². The van der Waals surface area contributed by atoms with Gasteiger partial charge in [-0.05, 0) is 61.8 Å². The molecule has 2 aliphatic heterocycles. The van der Waals surface area contributed by atoms with Crippen molar-refractivity contribution in [2.45, 2.75) is 102 Å². The number of ether oxygens (including phenoxy) is 3. The van der Waals surface area contributed by atoms with Gasteiger partial charge in [0, 0.05) is 6.54 Å². The van der Waals surface area contributed by atoms with E-state index in [4.69, 9.17) is 14.2 Å². The highest BCUT2D eigenvalue weighted by Crippen LogP contribution is 2.32. The predicted octanol–water partition coefficient (Wildman–Crippen LogP) is 1.59. The molecule has 170 valence electrons. The van der Waals surface area contributed by atoms with Crippen LogP contribution < -0.4 is 4.72 Å². The van der Waals surface area contributed by atoms with Crippen LogP contribution in [0.3, 0.4) is 0 Å². The summed E-state index contributed by atoms with van der Waals surface area (Å²) in [6.45, 7) is 13.9. The summed E-state index contributed by atoms with van der Waals surface area (Å²) >= 11 is 0. The minimum absolute atomic E-state index is 0.135. The number of nitrogens with zero attached hydrogens (tertiary/aromatic N) is 1. The van der Waals surface area contributed by atoms with Gasteiger partial charge in [-0.3, -0.25) is 0 Å². The summed E-state index contributed by atoms with van der Waals surface area (Å²) in [5, 5.41) is 10.7. The van der Waals surface area contributed by atoms with Crippen LogP contribution in [0.1, 0.15) is 61.8 Å². The lowest BCUT2D eigenvalue weighted by atomic mass is 9.99. The summed E-state index contributed by atoms with van der Waals surface area (Å²) in [6, 6.07) is -1.74. The molecule has 0 aromatic heterocycles. The van der Waals surface area contributed by atoms with Gasteiger partial charge in [-0.1, -0.05) is 0 Å². The van der Waals surface area contributed by atoms with Gasteiger partial charge in [-0.2, -0.15) is 0 Å². The SMILES string of the molecule is CC(C)(C)OC(=O)N1CC[C@@H](O)[C@@H]1[C@@H](NS(=O)(=O)C(C)(C)C)[C@@H]1COC(C)(C)O1. The maximum absolute atomic E-state index is 12.9. The number of sulfonamides is 1. The number of likely N-dealkylation sites (tertiary alicyclic amines) is 1. The molecule has 4 atom stereocenters. The Morgan fingerprint density at radius 3 is 2.28 bits per heavy atom. The van der Waals surface area contributed by atoms with Crippen LogP contribution in [0.2, 0.25) is 0 Å². The van der Waals surface area contributed by atoms with Gasteiger partial charge in [0.05, 0.1) is 29.5 Å².